The molecular formula is C58H38N2S. The minimum Gasteiger partial charge on any atom is -0.309 e. The van der Waals surface area contributed by atoms with Gasteiger partial charge in [-0.1, -0.05) is 176 Å². The van der Waals surface area contributed by atoms with E-state index in [2.05, 4.69) is 240 Å². The summed E-state index contributed by atoms with van der Waals surface area (Å²) in [6, 6.07) is 84.3. The van der Waals surface area contributed by atoms with Crippen molar-refractivity contribution in [3.8, 4) is 39.1 Å². The molecule has 0 saturated carbocycles. The third kappa shape index (κ3) is 5.78. The molecule has 0 saturated heterocycles. The van der Waals surface area contributed by atoms with Gasteiger partial charge in [-0.15, -0.1) is 11.3 Å². The van der Waals surface area contributed by atoms with Gasteiger partial charge in [-0.3, -0.25) is 0 Å². The van der Waals surface area contributed by atoms with E-state index in [0.717, 1.165) is 28.3 Å². The Hall–Kier alpha value is -7.72. The predicted molar refractivity (Wildman–Crippen MR) is 262 cm³/mol. The molecular weight excluding hydrogens is 757 g/mol. The number of hydrogen-bond donors (Lipinski definition) is 0. The maximum atomic E-state index is 2.51. The van der Waals surface area contributed by atoms with Crippen LogP contribution in [0.4, 0.5) is 17.1 Å². The lowest BCUT2D eigenvalue weighted by Crippen LogP contribution is -2.12. The molecule has 0 unspecified atom stereocenters. The SMILES string of the molecule is c1ccc(-c2cccc3cccc(-c4ccccc4N(c4ccc5c(c4)c4ccccc4n5-c4ccccc4)c4ccccc4-c4cccc5c4sc4ccccc45)c23)cc1. The van der Waals surface area contributed by atoms with Crippen LogP contribution in [-0.2, 0) is 0 Å². The first kappa shape index (κ1) is 35.2. The van der Waals surface area contributed by atoms with E-state index in [1.54, 1.807) is 0 Å². The van der Waals surface area contributed by atoms with Gasteiger partial charge < -0.3 is 9.47 Å². The molecule has 0 aliphatic heterocycles. The van der Waals surface area contributed by atoms with Crippen molar-refractivity contribution in [1.29, 1.82) is 0 Å². The van der Waals surface area contributed by atoms with Gasteiger partial charge in [0.1, 0.15) is 0 Å². The normalized spacial score (nSPS) is 11.6. The van der Waals surface area contributed by atoms with Crippen LogP contribution in [0, 0.1) is 0 Å². The summed E-state index contributed by atoms with van der Waals surface area (Å²) in [6.07, 6.45) is 0. The number of rotatable bonds is 7. The van der Waals surface area contributed by atoms with Crippen LogP contribution in [0.25, 0.3) is 91.8 Å². The minimum atomic E-state index is 1.09. The third-order valence-corrected chi connectivity index (χ3v) is 13.4. The maximum Gasteiger partial charge on any atom is 0.0542 e. The van der Waals surface area contributed by atoms with Crippen molar-refractivity contribution in [1.82, 2.24) is 4.57 Å². The van der Waals surface area contributed by atoms with Crippen molar-refractivity contribution in [3.63, 3.8) is 0 Å². The molecule has 0 aliphatic carbocycles. The fourth-order valence-electron chi connectivity index (χ4n) is 9.54. The number of para-hydroxylation sites is 4. The summed E-state index contributed by atoms with van der Waals surface area (Å²) in [4.78, 5) is 2.51. The average molecular weight is 795 g/mol. The summed E-state index contributed by atoms with van der Waals surface area (Å²) in [5, 5.41) is 7.48. The van der Waals surface area contributed by atoms with Gasteiger partial charge in [0.2, 0.25) is 0 Å². The first-order valence-corrected chi connectivity index (χ1v) is 21.7. The molecule has 2 aromatic heterocycles. The van der Waals surface area contributed by atoms with Crippen LogP contribution in [0.1, 0.15) is 0 Å². The Morgan fingerprint density at radius 2 is 0.918 bits per heavy atom. The number of anilines is 3. The molecule has 0 N–H and O–H groups in total. The molecule has 0 bridgehead atoms. The topological polar surface area (TPSA) is 8.17 Å². The van der Waals surface area contributed by atoms with Gasteiger partial charge in [0.15, 0.2) is 0 Å². The number of aromatic nitrogens is 1. The first-order valence-electron chi connectivity index (χ1n) is 20.9. The van der Waals surface area contributed by atoms with Gasteiger partial charge in [-0.2, -0.15) is 0 Å². The summed E-state index contributed by atoms with van der Waals surface area (Å²) in [5.74, 6) is 0. The maximum absolute atomic E-state index is 2.51. The predicted octanol–water partition coefficient (Wildman–Crippen LogP) is 16.8. The second-order valence-corrected chi connectivity index (χ2v) is 16.7. The van der Waals surface area contributed by atoms with Crippen LogP contribution >= 0.6 is 11.3 Å². The minimum absolute atomic E-state index is 1.09. The van der Waals surface area contributed by atoms with E-state index in [0.29, 0.717) is 0 Å². The summed E-state index contributed by atoms with van der Waals surface area (Å²) < 4.78 is 4.99. The molecule has 61 heavy (non-hydrogen) atoms. The second kappa shape index (κ2) is 14.5. The smallest absolute Gasteiger partial charge is 0.0542 e. The zero-order valence-electron chi connectivity index (χ0n) is 33.2. The van der Waals surface area contributed by atoms with Crippen LogP contribution in [0.5, 0.6) is 0 Å². The quantitative estimate of drug-likeness (QED) is 0.156. The van der Waals surface area contributed by atoms with Gasteiger partial charge >= 0.3 is 0 Å². The standard InChI is InChI=1S/C58H38N2S/c1-3-18-39(19-4-1)43-28-15-20-40-21-16-29-48(57(40)43)44-24-7-11-32-52(44)60(42-36-37-55-51(38-42)46-26-9-13-34-54(46)59(55)41-22-5-2-6-23-41)53-33-12-8-25-45(53)49-30-17-31-50-47-27-10-14-35-56(47)61-58(49)50/h1-38H. The monoisotopic (exact) mass is 794 g/mol. The number of nitrogens with zero attached hydrogens (tertiary/aromatic N) is 2. The Labute approximate surface area is 358 Å². The highest BCUT2D eigenvalue weighted by molar-refractivity contribution is 7.26. The molecule has 0 aliphatic rings. The van der Waals surface area contributed by atoms with E-state index in [4.69, 9.17) is 0 Å². The fourth-order valence-corrected chi connectivity index (χ4v) is 10.8. The van der Waals surface area contributed by atoms with Crippen molar-refractivity contribution in [2.75, 3.05) is 4.90 Å². The van der Waals surface area contributed by atoms with Gasteiger partial charge in [0, 0.05) is 59.0 Å². The van der Waals surface area contributed by atoms with E-state index in [9.17, 15) is 0 Å². The number of fused-ring (bicyclic) bond motifs is 7. The van der Waals surface area contributed by atoms with Crippen molar-refractivity contribution in [3.05, 3.63) is 231 Å². The highest BCUT2D eigenvalue weighted by atomic mass is 32.1. The second-order valence-electron chi connectivity index (χ2n) is 15.6. The Morgan fingerprint density at radius 3 is 1.70 bits per heavy atom. The summed E-state index contributed by atoms with van der Waals surface area (Å²) >= 11 is 1.88. The summed E-state index contributed by atoms with van der Waals surface area (Å²) in [7, 11) is 0. The molecule has 2 heterocycles. The summed E-state index contributed by atoms with van der Waals surface area (Å²) in [5.41, 5.74) is 14.0. The largest absolute Gasteiger partial charge is 0.309 e. The third-order valence-electron chi connectivity index (χ3n) is 12.2. The first-order chi connectivity index (χ1) is 30.3. The lowest BCUT2D eigenvalue weighted by atomic mass is 9.90. The van der Waals surface area contributed by atoms with E-state index >= 15 is 0 Å². The molecule has 12 aromatic rings. The number of hydrogen-bond acceptors (Lipinski definition) is 2. The number of benzene rings is 10. The highest BCUT2D eigenvalue weighted by Crippen LogP contribution is 2.50. The van der Waals surface area contributed by atoms with Gasteiger partial charge in [-0.05, 0) is 82.1 Å². The summed E-state index contributed by atoms with van der Waals surface area (Å²) in [6.45, 7) is 0. The molecule has 286 valence electrons. The Morgan fingerprint density at radius 1 is 0.361 bits per heavy atom. The lowest BCUT2D eigenvalue weighted by molar-refractivity contribution is 1.18. The molecule has 0 atom stereocenters. The van der Waals surface area contributed by atoms with E-state index < -0.39 is 0 Å². The van der Waals surface area contributed by atoms with Gasteiger partial charge in [0.25, 0.3) is 0 Å². The molecule has 2 nitrogen and oxygen atoms in total. The molecule has 10 aromatic carbocycles. The van der Waals surface area contributed by atoms with Crippen LogP contribution in [-0.4, -0.2) is 4.57 Å². The van der Waals surface area contributed by atoms with Crippen LogP contribution in [0.15, 0.2) is 231 Å². The number of thiophene rings is 1. The van der Waals surface area contributed by atoms with Crippen LogP contribution in [0.2, 0.25) is 0 Å². The molecule has 0 fully saturated rings. The van der Waals surface area contributed by atoms with Crippen LogP contribution < -0.4 is 4.90 Å². The zero-order valence-corrected chi connectivity index (χ0v) is 34.1. The molecule has 12 rings (SSSR count). The molecule has 0 amide bonds. The van der Waals surface area contributed by atoms with Gasteiger partial charge in [0.05, 0.1) is 22.4 Å². The average Bonchev–Trinajstić information content (AvgIpc) is 3.88. The van der Waals surface area contributed by atoms with Crippen molar-refractivity contribution >= 4 is 81.1 Å². The Balaban J connectivity index is 1.16. The molecule has 3 heteroatoms. The van der Waals surface area contributed by atoms with Gasteiger partial charge in [-0.25, -0.2) is 0 Å². The van der Waals surface area contributed by atoms with Crippen molar-refractivity contribution in [2.45, 2.75) is 0 Å². The fraction of sp³-hybridized carbons (Fsp3) is 0. The highest BCUT2D eigenvalue weighted by Gasteiger charge is 2.24. The Kier molecular flexibility index (Phi) is 8.39. The van der Waals surface area contributed by atoms with E-state index in [-0.39, 0.29) is 0 Å². The van der Waals surface area contributed by atoms with E-state index in [1.165, 1.54) is 80.6 Å². The van der Waals surface area contributed by atoms with Crippen molar-refractivity contribution < 1.29 is 0 Å². The molecule has 0 spiro atoms. The van der Waals surface area contributed by atoms with E-state index in [1.807, 2.05) is 11.3 Å². The molecule has 0 radical (unpaired) electrons. The van der Waals surface area contributed by atoms with Crippen LogP contribution in [0.3, 0.4) is 0 Å². The zero-order chi connectivity index (χ0) is 40.3. The van der Waals surface area contributed by atoms with Crippen molar-refractivity contribution in [2.24, 2.45) is 0 Å². The lowest BCUT2D eigenvalue weighted by Gasteiger charge is -2.30. The Bertz CT molecular complexity index is 3590.